The first-order valence-electron chi connectivity index (χ1n) is 13.0. The molecule has 0 aliphatic heterocycles. The van der Waals surface area contributed by atoms with Crippen LogP contribution in [0.1, 0.15) is 62.3 Å². The van der Waals surface area contributed by atoms with Gasteiger partial charge in [0, 0.05) is 0 Å². The van der Waals surface area contributed by atoms with Gasteiger partial charge in [0.05, 0.1) is 0 Å². The second kappa shape index (κ2) is 4.14. The van der Waals surface area contributed by atoms with E-state index in [-0.39, 0.29) is 3.17 Å². The van der Waals surface area contributed by atoms with Crippen molar-refractivity contribution in [3.63, 3.8) is 0 Å². The number of unbranched alkanes of at least 4 members (excludes halogenated alkanes) is 1. The Labute approximate surface area is 180 Å². The van der Waals surface area contributed by atoms with Gasteiger partial charge in [-0.15, -0.1) is 0 Å². The van der Waals surface area contributed by atoms with Crippen LogP contribution in [0.5, 0.6) is 0 Å². The van der Waals surface area contributed by atoms with Crippen molar-refractivity contribution in [1.82, 2.24) is 0 Å². The SMILES string of the molecule is CCCC[C]1([Hf]([CH3])([CH3])([CH3])([CH3])([CH3])([CH3])([CH3])[CH]2C=CC=C2)C=Cc2cc3c(cc21)CC(C)(C)C3. The van der Waals surface area contributed by atoms with Crippen LogP contribution in [0, 0.1) is 5.41 Å². The van der Waals surface area contributed by atoms with Crippen molar-refractivity contribution in [3.05, 3.63) is 64.8 Å². The summed E-state index contributed by atoms with van der Waals surface area (Å²) in [5, 5.41) is 0. The molecule has 1 atom stereocenters. The first-order valence-corrected chi connectivity index (χ1v) is 42.0. The van der Waals surface area contributed by atoms with E-state index in [2.05, 4.69) is 102 Å². The van der Waals surface area contributed by atoms with Gasteiger partial charge in [-0.25, -0.2) is 0 Å². The van der Waals surface area contributed by atoms with Crippen LogP contribution in [0.3, 0.4) is 0 Å². The predicted octanol–water partition coefficient (Wildman–Crippen LogP) is 10.3. The van der Waals surface area contributed by atoms with Crippen LogP contribution in [0.25, 0.3) is 6.08 Å². The van der Waals surface area contributed by atoms with E-state index < -0.39 is 12.6 Å². The van der Waals surface area contributed by atoms with Crippen molar-refractivity contribution in [2.45, 2.75) is 92.5 Å². The maximum absolute atomic E-state index is 5.62. The van der Waals surface area contributed by atoms with Crippen LogP contribution in [0.2, 0.25) is 36.4 Å². The normalized spacial score (nSPS) is 31.1. The summed E-state index contributed by atoms with van der Waals surface area (Å²) >= 11 is -5.62. The molecular weight excluding hydrogens is 539 g/mol. The van der Waals surface area contributed by atoms with Crippen molar-refractivity contribution in [1.29, 1.82) is 0 Å². The number of fused-ring (bicyclic) bond motifs is 2. The zero-order valence-electron chi connectivity index (χ0n) is 22.2. The van der Waals surface area contributed by atoms with Crippen LogP contribution in [0.15, 0.2) is 42.5 Å². The zero-order chi connectivity index (χ0) is 23.4. The van der Waals surface area contributed by atoms with Gasteiger partial charge in [-0.05, 0) is 0 Å². The van der Waals surface area contributed by atoms with Gasteiger partial charge in [0.1, 0.15) is 0 Å². The summed E-state index contributed by atoms with van der Waals surface area (Å²) in [6, 6.07) is 5.22. The fourth-order valence-electron chi connectivity index (χ4n) is 8.42. The summed E-state index contributed by atoms with van der Waals surface area (Å²) in [4.78, 5) is 0. The van der Waals surface area contributed by atoms with Gasteiger partial charge in [0.15, 0.2) is 0 Å². The first-order chi connectivity index (χ1) is 13.4. The molecule has 0 bridgehead atoms. The van der Waals surface area contributed by atoms with Crippen LogP contribution in [0.4, 0.5) is 0 Å². The third-order valence-corrected chi connectivity index (χ3v) is 57.4. The Hall–Kier alpha value is -0.690. The molecule has 0 aromatic heterocycles. The molecule has 31 heavy (non-hydrogen) atoms. The van der Waals surface area contributed by atoms with Crippen LogP contribution in [-0.4, -0.2) is 0 Å². The van der Waals surface area contributed by atoms with E-state index >= 15 is 0 Å². The molecule has 1 aromatic carbocycles. The topological polar surface area (TPSA) is 0 Å². The minimum atomic E-state index is -5.62. The van der Waals surface area contributed by atoms with Gasteiger partial charge < -0.3 is 0 Å². The van der Waals surface area contributed by atoms with E-state index in [9.17, 15) is 0 Å². The number of allylic oxidation sites excluding steroid dienone is 5. The molecule has 0 N–H and O–H groups in total. The average molecular weight is 588 g/mol. The van der Waals surface area contributed by atoms with E-state index in [1.807, 2.05) is 0 Å². The summed E-state index contributed by atoms with van der Waals surface area (Å²) in [6.45, 7) is 7.21. The third kappa shape index (κ3) is 2.74. The molecule has 3 aliphatic carbocycles. The van der Waals surface area contributed by atoms with Crippen LogP contribution in [-0.2, 0) is 28.6 Å². The van der Waals surface area contributed by atoms with E-state index in [0.29, 0.717) is 9.09 Å². The van der Waals surface area contributed by atoms with Gasteiger partial charge in [-0.2, -0.15) is 0 Å². The number of benzene rings is 1. The second-order valence-corrected chi connectivity index (χ2v) is 132. The number of hydrogen-bond donors (Lipinski definition) is 0. The quantitative estimate of drug-likeness (QED) is 0.301. The van der Waals surface area contributed by atoms with E-state index in [4.69, 9.17) is 0 Å². The summed E-state index contributed by atoms with van der Waals surface area (Å²) in [5.41, 5.74) is 6.66. The van der Waals surface area contributed by atoms with Gasteiger partial charge >= 0.3 is 181 Å². The molecule has 0 fully saturated rings. The molecule has 0 amide bonds. The maximum atomic E-state index is 2.76. The van der Waals surface area contributed by atoms with E-state index in [1.54, 1.807) is 16.7 Å². The van der Waals surface area contributed by atoms with Gasteiger partial charge in [0.2, 0.25) is 0 Å². The van der Waals surface area contributed by atoms with Gasteiger partial charge in [0.25, 0.3) is 0 Å². The fourth-order valence-corrected chi connectivity index (χ4v) is 42.1. The molecule has 0 radical (unpaired) electrons. The molecule has 0 heterocycles. The number of hydrogen-bond acceptors (Lipinski definition) is 0. The summed E-state index contributed by atoms with van der Waals surface area (Å²) in [7, 11) is 0. The summed E-state index contributed by atoms with van der Waals surface area (Å²) < 4.78 is 19.8. The standard InChI is InChI=1S/C18H23.C5H5.7CH3.Hf/c1-4-5-6-13-7-8-14-9-15-11-18(2,3)12-16(15)10-17(13)14;1-2-4-5-3-1;;;;;;;;/h7-10H,4-6,11-12H2,1-3H3;1-5H;7*1H3;. The van der Waals surface area contributed by atoms with Crippen molar-refractivity contribution in [2.24, 2.45) is 5.41 Å². The average Bonchev–Trinajstić information content (AvgIpc) is 3.25. The first kappa shape index (κ1) is 23.5. The van der Waals surface area contributed by atoms with Crippen molar-refractivity contribution < 1.29 is 12.6 Å². The third-order valence-electron chi connectivity index (χ3n) is 11.3. The Morgan fingerprint density at radius 1 is 0.871 bits per heavy atom. The predicted molar refractivity (Wildman–Crippen MR) is 141 cm³/mol. The molecule has 0 saturated carbocycles. The Balaban J connectivity index is 2.16. The molecule has 1 heteroatoms. The summed E-state index contributed by atoms with van der Waals surface area (Å²) in [5.74, 6) is 0. The Kier molecular flexibility index (Phi) is 3.14. The molecule has 4 rings (SSSR count). The molecule has 3 aliphatic rings. The van der Waals surface area contributed by atoms with E-state index in [1.165, 1.54) is 37.7 Å². The Morgan fingerprint density at radius 3 is 1.97 bits per heavy atom. The molecular formula is C30H49Hf. The molecule has 0 saturated heterocycles. The monoisotopic (exact) mass is 589 g/mol. The Bertz CT molecular complexity index is 1140. The van der Waals surface area contributed by atoms with Crippen molar-refractivity contribution >= 4 is 6.08 Å². The van der Waals surface area contributed by atoms with Gasteiger partial charge in [-0.3, -0.25) is 0 Å². The zero-order valence-corrected chi connectivity index (χ0v) is 25.8. The minimum absolute atomic E-state index is 0.00164. The second-order valence-electron chi connectivity index (χ2n) is 22.8. The molecule has 0 spiro atoms. The summed E-state index contributed by atoms with van der Waals surface area (Å²) in [6.07, 6.45) is 20.9. The van der Waals surface area contributed by atoms with Crippen molar-refractivity contribution in [2.75, 3.05) is 0 Å². The Morgan fingerprint density at radius 2 is 1.42 bits per heavy atom. The van der Waals surface area contributed by atoms with Crippen LogP contribution >= 0.6 is 0 Å². The molecule has 0 nitrogen and oxygen atoms in total. The fraction of sp³-hybridized carbons (Fsp3) is 0.600. The van der Waals surface area contributed by atoms with E-state index in [0.717, 1.165) is 0 Å². The number of rotatable bonds is 5. The molecule has 173 valence electrons. The van der Waals surface area contributed by atoms with Crippen LogP contribution < -0.4 is 0 Å². The van der Waals surface area contributed by atoms with Crippen molar-refractivity contribution in [3.8, 4) is 0 Å². The molecule has 1 aromatic rings. The van der Waals surface area contributed by atoms with Gasteiger partial charge in [-0.1, -0.05) is 0 Å². The molecule has 1 unspecified atom stereocenters.